The standard InChI is InChI=1S/C27H24F3NO5S/c1-26(34-2)13-22(20(17-6-4-3-5-7-17)12-23(26)36-15-25(32)33)35-14-24-31-21(16-37-24)18-8-10-19(11-9-18)27(28,29)30/h3-13,16,23H,14-15H2,1-2H3,(H,32,33). The van der Waals surface area contributed by atoms with E-state index in [1.165, 1.54) is 30.6 Å². The van der Waals surface area contributed by atoms with Gasteiger partial charge in [0.2, 0.25) is 0 Å². The number of aromatic nitrogens is 1. The normalized spacial score (nSPS) is 19.8. The van der Waals surface area contributed by atoms with Crippen LogP contribution in [0.5, 0.6) is 0 Å². The van der Waals surface area contributed by atoms with Gasteiger partial charge in [-0.1, -0.05) is 42.5 Å². The van der Waals surface area contributed by atoms with Crippen molar-refractivity contribution < 1.29 is 37.3 Å². The highest BCUT2D eigenvalue weighted by Gasteiger charge is 2.38. The summed E-state index contributed by atoms with van der Waals surface area (Å²) in [5.74, 6) is -0.580. The molecule has 1 aliphatic rings. The number of halogens is 3. The molecule has 1 aliphatic carbocycles. The largest absolute Gasteiger partial charge is 0.486 e. The van der Waals surface area contributed by atoms with Crippen molar-refractivity contribution in [2.45, 2.75) is 31.4 Å². The summed E-state index contributed by atoms with van der Waals surface area (Å²) >= 11 is 1.33. The maximum absolute atomic E-state index is 12.9. The molecule has 1 N–H and O–H groups in total. The van der Waals surface area contributed by atoms with E-state index >= 15 is 0 Å². The zero-order valence-corrected chi connectivity index (χ0v) is 20.8. The van der Waals surface area contributed by atoms with Crippen molar-refractivity contribution in [3.05, 3.63) is 94.0 Å². The first-order valence-corrected chi connectivity index (χ1v) is 12.1. The van der Waals surface area contributed by atoms with E-state index in [0.29, 0.717) is 27.6 Å². The highest BCUT2D eigenvalue weighted by atomic mass is 32.1. The molecule has 0 spiro atoms. The van der Waals surface area contributed by atoms with Crippen LogP contribution in [0.2, 0.25) is 0 Å². The molecule has 0 saturated carbocycles. The van der Waals surface area contributed by atoms with Crippen molar-refractivity contribution in [1.29, 1.82) is 0 Å². The summed E-state index contributed by atoms with van der Waals surface area (Å²) in [5, 5.41) is 11.5. The lowest BCUT2D eigenvalue weighted by molar-refractivity contribution is -0.148. The third-order valence-electron chi connectivity index (χ3n) is 5.89. The van der Waals surface area contributed by atoms with Crippen molar-refractivity contribution >= 4 is 22.9 Å². The van der Waals surface area contributed by atoms with Crippen LogP contribution in [-0.4, -0.2) is 41.5 Å². The zero-order chi connectivity index (χ0) is 26.6. The number of benzene rings is 2. The summed E-state index contributed by atoms with van der Waals surface area (Å²) in [6.45, 7) is 1.40. The molecule has 4 rings (SSSR count). The van der Waals surface area contributed by atoms with Crippen molar-refractivity contribution in [2.75, 3.05) is 13.7 Å². The van der Waals surface area contributed by atoms with Gasteiger partial charge in [0.15, 0.2) is 0 Å². The maximum Gasteiger partial charge on any atom is 0.416 e. The van der Waals surface area contributed by atoms with E-state index in [2.05, 4.69) is 4.98 Å². The number of carboxylic acid groups (broad SMARTS) is 1. The quantitative estimate of drug-likeness (QED) is 0.354. The number of ether oxygens (including phenoxy) is 3. The molecule has 0 amide bonds. The van der Waals surface area contributed by atoms with Crippen LogP contribution < -0.4 is 0 Å². The number of alkyl halides is 3. The molecule has 37 heavy (non-hydrogen) atoms. The summed E-state index contributed by atoms with van der Waals surface area (Å²) in [5.41, 5.74) is 0.981. The van der Waals surface area contributed by atoms with Crippen LogP contribution in [0.4, 0.5) is 13.2 Å². The van der Waals surface area contributed by atoms with Crippen LogP contribution in [0.15, 0.2) is 77.9 Å². The van der Waals surface area contributed by atoms with E-state index in [1.54, 1.807) is 24.5 Å². The minimum atomic E-state index is -4.40. The van der Waals surface area contributed by atoms with Gasteiger partial charge in [0.05, 0.1) is 11.3 Å². The van der Waals surface area contributed by atoms with Gasteiger partial charge in [-0.25, -0.2) is 9.78 Å². The molecule has 1 aromatic heterocycles. The number of methoxy groups -OCH3 is 1. The Bertz CT molecular complexity index is 1300. The van der Waals surface area contributed by atoms with Gasteiger partial charge in [-0.3, -0.25) is 0 Å². The Morgan fingerprint density at radius 1 is 1.11 bits per heavy atom. The Hall–Kier alpha value is -3.47. The topological polar surface area (TPSA) is 77.9 Å². The number of rotatable bonds is 9. The Morgan fingerprint density at radius 3 is 2.43 bits per heavy atom. The van der Waals surface area contributed by atoms with Crippen molar-refractivity contribution in [3.63, 3.8) is 0 Å². The number of carboxylic acids is 1. The number of aliphatic carboxylic acids is 1. The van der Waals surface area contributed by atoms with Gasteiger partial charge >= 0.3 is 12.1 Å². The SMILES string of the molecule is COC1(C)C=C(OCc2nc(-c3ccc(C(F)(F)F)cc3)cs2)C(c2ccccc2)=CC1OCC(=O)O. The summed E-state index contributed by atoms with van der Waals surface area (Å²) in [6.07, 6.45) is -1.54. The van der Waals surface area contributed by atoms with E-state index in [1.807, 2.05) is 30.3 Å². The second-order valence-corrected chi connectivity index (χ2v) is 9.40. The van der Waals surface area contributed by atoms with Crippen LogP contribution in [0.1, 0.15) is 23.1 Å². The molecular formula is C27H24F3NO5S. The molecule has 0 fully saturated rings. The lowest BCUT2D eigenvalue weighted by Gasteiger charge is -2.36. The highest BCUT2D eigenvalue weighted by molar-refractivity contribution is 7.09. The molecule has 1 heterocycles. The summed E-state index contributed by atoms with van der Waals surface area (Å²) in [4.78, 5) is 15.6. The zero-order valence-electron chi connectivity index (χ0n) is 20.0. The van der Waals surface area contributed by atoms with E-state index < -0.39 is 36.0 Å². The maximum atomic E-state index is 12.9. The molecule has 0 saturated heterocycles. The molecule has 2 aromatic carbocycles. The molecule has 3 aromatic rings. The highest BCUT2D eigenvalue weighted by Crippen LogP contribution is 2.37. The number of nitrogens with zero attached hydrogens (tertiary/aromatic N) is 1. The lowest BCUT2D eigenvalue weighted by atomic mass is 9.86. The second-order valence-electron chi connectivity index (χ2n) is 8.46. The smallest absolute Gasteiger partial charge is 0.416 e. The van der Waals surface area contributed by atoms with E-state index in [9.17, 15) is 18.0 Å². The first-order chi connectivity index (χ1) is 17.6. The molecule has 6 nitrogen and oxygen atoms in total. The average Bonchev–Trinajstić information content (AvgIpc) is 3.36. The third kappa shape index (κ3) is 6.27. The van der Waals surface area contributed by atoms with Gasteiger partial charge in [-0.2, -0.15) is 13.2 Å². The number of allylic oxidation sites excluding steroid dienone is 1. The van der Waals surface area contributed by atoms with Gasteiger partial charge in [0.1, 0.15) is 35.7 Å². The van der Waals surface area contributed by atoms with Crippen molar-refractivity contribution in [2.24, 2.45) is 0 Å². The Morgan fingerprint density at radius 2 is 1.81 bits per heavy atom. The molecule has 194 valence electrons. The fourth-order valence-corrected chi connectivity index (χ4v) is 4.54. The Labute approximate surface area is 215 Å². The predicted octanol–water partition coefficient (Wildman–Crippen LogP) is 6.20. The predicted molar refractivity (Wildman–Crippen MR) is 133 cm³/mol. The van der Waals surface area contributed by atoms with Gasteiger partial charge in [0.25, 0.3) is 0 Å². The number of hydrogen-bond acceptors (Lipinski definition) is 6. The second kappa shape index (κ2) is 10.9. The fourth-order valence-electron chi connectivity index (χ4n) is 3.82. The summed E-state index contributed by atoms with van der Waals surface area (Å²) < 4.78 is 56.0. The number of hydrogen-bond donors (Lipinski definition) is 1. The van der Waals surface area contributed by atoms with E-state index in [0.717, 1.165) is 17.7 Å². The van der Waals surface area contributed by atoms with E-state index in [-0.39, 0.29) is 6.61 Å². The molecule has 0 aliphatic heterocycles. The molecule has 0 bridgehead atoms. The number of thiazole rings is 1. The molecule has 2 atom stereocenters. The first kappa shape index (κ1) is 26.6. The van der Waals surface area contributed by atoms with Crippen LogP contribution in [-0.2, 0) is 31.8 Å². The van der Waals surface area contributed by atoms with Crippen LogP contribution >= 0.6 is 11.3 Å². The van der Waals surface area contributed by atoms with Gasteiger partial charge in [-0.05, 0) is 36.8 Å². The van der Waals surface area contributed by atoms with Crippen LogP contribution in [0.25, 0.3) is 16.8 Å². The van der Waals surface area contributed by atoms with Gasteiger partial charge in [0, 0.05) is 23.6 Å². The molecule has 0 radical (unpaired) electrons. The molecular weight excluding hydrogens is 507 g/mol. The van der Waals surface area contributed by atoms with Gasteiger partial charge < -0.3 is 19.3 Å². The Kier molecular flexibility index (Phi) is 7.82. The van der Waals surface area contributed by atoms with Gasteiger partial charge in [-0.15, -0.1) is 11.3 Å². The molecule has 2 unspecified atom stereocenters. The monoisotopic (exact) mass is 531 g/mol. The van der Waals surface area contributed by atoms with Crippen molar-refractivity contribution in [3.8, 4) is 11.3 Å². The molecule has 10 heteroatoms. The third-order valence-corrected chi connectivity index (χ3v) is 6.71. The number of carbonyl (C=O) groups is 1. The minimum Gasteiger partial charge on any atom is -0.486 e. The van der Waals surface area contributed by atoms with E-state index in [4.69, 9.17) is 19.3 Å². The first-order valence-electron chi connectivity index (χ1n) is 11.2. The van der Waals surface area contributed by atoms with Crippen molar-refractivity contribution in [1.82, 2.24) is 4.98 Å². The fraction of sp³-hybridized carbons (Fsp3) is 0.259. The summed E-state index contributed by atoms with van der Waals surface area (Å²) in [6, 6.07) is 14.3. The lowest BCUT2D eigenvalue weighted by Crippen LogP contribution is -2.43. The van der Waals surface area contributed by atoms with Crippen LogP contribution in [0, 0.1) is 0 Å². The van der Waals surface area contributed by atoms with Crippen LogP contribution in [0.3, 0.4) is 0 Å². The average molecular weight is 532 g/mol. The minimum absolute atomic E-state index is 0.113. The summed E-state index contributed by atoms with van der Waals surface area (Å²) in [7, 11) is 1.50. The Balaban J connectivity index is 1.56.